The summed E-state index contributed by atoms with van der Waals surface area (Å²) in [4.78, 5) is 16.2. The third kappa shape index (κ3) is 2.50. The Kier molecular flexibility index (Phi) is 3.03. The van der Waals surface area contributed by atoms with E-state index in [-0.39, 0.29) is 24.2 Å². The number of benzene rings is 1. The molecule has 1 aliphatic heterocycles. The molecule has 0 bridgehead atoms. The van der Waals surface area contributed by atoms with Crippen LogP contribution >= 0.6 is 0 Å². The molecule has 0 spiro atoms. The molecule has 98 valence electrons. The van der Waals surface area contributed by atoms with E-state index in [1.807, 2.05) is 10.8 Å². The molecule has 1 aliphatic rings. The van der Waals surface area contributed by atoms with Crippen LogP contribution in [0.5, 0.6) is 0 Å². The monoisotopic (exact) mass is 259 g/mol. The van der Waals surface area contributed by atoms with E-state index < -0.39 is 0 Å². The van der Waals surface area contributed by atoms with Crippen LogP contribution in [0.15, 0.2) is 36.7 Å². The molecule has 1 unspecified atom stereocenters. The topological polar surface area (TPSA) is 46.9 Å². The number of hydrogen-bond donors (Lipinski definition) is 1. The van der Waals surface area contributed by atoms with Gasteiger partial charge in [-0.2, -0.15) is 0 Å². The third-order valence-corrected chi connectivity index (χ3v) is 3.31. The van der Waals surface area contributed by atoms with Crippen LogP contribution in [0.2, 0.25) is 0 Å². The number of carbonyl (C=O) groups is 1. The van der Waals surface area contributed by atoms with Crippen LogP contribution in [-0.2, 0) is 17.8 Å². The van der Waals surface area contributed by atoms with E-state index in [1.54, 1.807) is 18.3 Å². The van der Waals surface area contributed by atoms with Crippen LogP contribution in [-0.4, -0.2) is 15.5 Å². The van der Waals surface area contributed by atoms with Crippen molar-refractivity contribution in [3.63, 3.8) is 0 Å². The van der Waals surface area contributed by atoms with Crippen molar-refractivity contribution in [2.24, 2.45) is 0 Å². The zero-order valence-corrected chi connectivity index (χ0v) is 10.3. The molecule has 0 saturated heterocycles. The molecule has 0 fully saturated rings. The number of fused-ring (bicyclic) bond motifs is 1. The summed E-state index contributed by atoms with van der Waals surface area (Å²) in [7, 11) is 0. The number of rotatable bonds is 3. The van der Waals surface area contributed by atoms with Crippen LogP contribution in [0.1, 0.15) is 23.9 Å². The van der Waals surface area contributed by atoms with E-state index in [4.69, 9.17) is 0 Å². The van der Waals surface area contributed by atoms with E-state index in [1.165, 1.54) is 12.1 Å². The molecule has 0 aliphatic carbocycles. The summed E-state index contributed by atoms with van der Waals surface area (Å²) in [5, 5.41) is 2.94. The lowest BCUT2D eigenvalue weighted by atomic mass is 10.1. The Labute approximate surface area is 110 Å². The molecule has 5 heteroatoms. The lowest BCUT2D eigenvalue weighted by Crippen LogP contribution is -2.29. The van der Waals surface area contributed by atoms with E-state index >= 15 is 0 Å². The van der Waals surface area contributed by atoms with Gasteiger partial charge in [0.05, 0.1) is 12.5 Å². The average Bonchev–Trinajstić information content (AvgIpc) is 2.94. The highest BCUT2D eigenvalue weighted by Crippen LogP contribution is 2.23. The number of amides is 1. The third-order valence-electron chi connectivity index (χ3n) is 3.31. The molecule has 1 aromatic carbocycles. The van der Waals surface area contributed by atoms with E-state index in [0.29, 0.717) is 5.56 Å². The number of halogens is 1. The van der Waals surface area contributed by atoms with Crippen LogP contribution < -0.4 is 5.32 Å². The Balaban J connectivity index is 1.64. The lowest BCUT2D eigenvalue weighted by molar-refractivity contribution is -0.121. The number of carbonyl (C=O) groups excluding carboxylic acids is 1. The Hall–Kier alpha value is -2.17. The van der Waals surface area contributed by atoms with Crippen molar-refractivity contribution in [3.8, 4) is 0 Å². The Morgan fingerprint density at radius 1 is 1.53 bits per heavy atom. The fraction of sp³-hybridized carbons (Fsp3) is 0.286. The molecule has 1 atom stereocenters. The molecule has 19 heavy (non-hydrogen) atoms. The number of imidazole rings is 1. The molecule has 0 saturated carbocycles. The van der Waals surface area contributed by atoms with Gasteiger partial charge in [-0.15, -0.1) is 0 Å². The maximum absolute atomic E-state index is 13.0. The van der Waals surface area contributed by atoms with E-state index in [0.717, 1.165) is 18.8 Å². The highest BCUT2D eigenvalue weighted by molar-refractivity contribution is 5.78. The Bertz CT molecular complexity index is 608. The predicted octanol–water partition coefficient (Wildman–Crippen LogP) is 1.83. The zero-order valence-electron chi connectivity index (χ0n) is 10.3. The SMILES string of the molecule is O=C(Cc1cccc(F)c1)NC1CCn2ccnc21. The van der Waals surface area contributed by atoms with Gasteiger partial charge in [-0.3, -0.25) is 4.79 Å². The highest BCUT2D eigenvalue weighted by Gasteiger charge is 2.24. The number of nitrogens with one attached hydrogen (secondary N) is 1. The first kappa shape index (κ1) is 11.9. The quantitative estimate of drug-likeness (QED) is 0.914. The first-order chi connectivity index (χ1) is 9.22. The van der Waals surface area contributed by atoms with E-state index in [2.05, 4.69) is 10.3 Å². The molecule has 3 rings (SSSR count). The van der Waals surface area contributed by atoms with Gasteiger partial charge < -0.3 is 9.88 Å². The zero-order chi connectivity index (χ0) is 13.2. The summed E-state index contributed by atoms with van der Waals surface area (Å²) in [6.45, 7) is 0.875. The number of hydrogen-bond acceptors (Lipinski definition) is 2. The maximum Gasteiger partial charge on any atom is 0.225 e. The van der Waals surface area contributed by atoms with Crippen LogP contribution in [0.4, 0.5) is 4.39 Å². The van der Waals surface area contributed by atoms with Crippen LogP contribution in [0.3, 0.4) is 0 Å². The van der Waals surface area contributed by atoms with Crippen molar-refractivity contribution in [1.29, 1.82) is 0 Å². The molecule has 0 radical (unpaired) electrons. The fourth-order valence-corrected chi connectivity index (χ4v) is 2.43. The molecule has 1 amide bonds. The molecule has 1 aromatic heterocycles. The van der Waals surface area contributed by atoms with Crippen molar-refractivity contribution < 1.29 is 9.18 Å². The minimum absolute atomic E-state index is 0.0314. The highest BCUT2D eigenvalue weighted by atomic mass is 19.1. The van der Waals surface area contributed by atoms with Gasteiger partial charge in [-0.25, -0.2) is 9.37 Å². The van der Waals surface area contributed by atoms with Gasteiger partial charge in [0.25, 0.3) is 0 Å². The first-order valence-electron chi connectivity index (χ1n) is 6.27. The van der Waals surface area contributed by atoms with Crippen LogP contribution in [0.25, 0.3) is 0 Å². The predicted molar refractivity (Wildman–Crippen MR) is 67.8 cm³/mol. The van der Waals surface area contributed by atoms with Crippen molar-refractivity contribution >= 4 is 5.91 Å². The van der Waals surface area contributed by atoms with Gasteiger partial charge in [0, 0.05) is 18.9 Å². The Morgan fingerprint density at radius 3 is 3.26 bits per heavy atom. The second-order valence-corrected chi connectivity index (χ2v) is 4.69. The van der Waals surface area contributed by atoms with Crippen molar-refractivity contribution in [2.75, 3.05) is 0 Å². The van der Waals surface area contributed by atoms with Gasteiger partial charge in [0.15, 0.2) is 0 Å². The summed E-state index contributed by atoms with van der Waals surface area (Å²) in [5.74, 6) is 0.473. The molecule has 4 nitrogen and oxygen atoms in total. The first-order valence-corrected chi connectivity index (χ1v) is 6.27. The van der Waals surface area contributed by atoms with Gasteiger partial charge in [0.1, 0.15) is 11.6 Å². The summed E-state index contributed by atoms with van der Waals surface area (Å²) in [6.07, 6.45) is 4.70. The minimum Gasteiger partial charge on any atom is -0.346 e. The lowest BCUT2D eigenvalue weighted by Gasteiger charge is -2.11. The van der Waals surface area contributed by atoms with E-state index in [9.17, 15) is 9.18 Å². The summed E-state index contributed by atoms with van der Waals surface area (Å²) in [6, 6.07) is 6.08. The molecule has 2 aromatic rings. The second kappa shape index (κ2) is 4.84. The number of nitrogens with zero attached hydrogens (tertiary/aromatic N) is 2. The normalized spacial score (nSPS) is 17.2. The average molecular weight is 259 g/mol. The smallest absolute Gasteiger partial charge is 0.225 e. The standard InChI is InChI=1S/C14H14FN3O/c15-11-3-1-2-10(8-11)9-13(19)17-12-4-6-18-7-5-16-14(12)18/h1-3,5,7-8,12H,4,6,9H2,(H,17,19). The summed E-state index contributed by atoms with van der Waals surface area (Å²) >= 11 is 0. The molecular weight excluding hydrogens is 245 g/mol. The molecule has 2 heterocycles. The fourth-order valence-electron chi connectivity index (χ4n) is 2.43. The van der Waals surface area contributed by atoms with Gasteiger partial charge in [0.2, 0.25) is 5.91 Å². The molecular formula is C14H14FN3O. The number of aryl methyl sites for hydroxylation is 1. The van der Waals surface area contributed by atoms with Crippen molar-refractivity contribution in [3.05, 3.63) is 53.9 Å². The van der Waals surface area contributed by atoms with Crippen molar-refractivity contribution in [1.82, 2.24) is 14.9 Å². The molecule has 1 N–H and O–H groups in total. The summed E-state index contributed by atoms with van der Waals surface area (Å²) < 4.78 is 15.1. The largest absolute Gasteiger partial charge is 0.346 e. The van der Waals surface area contributed by atoms with Gasteiger partial charge in [-0.1, -0.05) is 12.1 Å². The Morgan fingerprint density at radius 2 is 2.42 bits per heavy atom. The minimum atomic E-state index is -0.318. The van der Waals surface area contributed by atoms with Crippen LogP contribution in [0, 0.1) is 5.82 Å². The van der Waals surface area contributed by atoms with Gasteiger partial charge in [-0.05, 0) is 24.1 Å². The van der Waals surface area contributed by atoms with Gasteiger partial charge >= 0.3 is 0 Å². The second-order valence-electron chi connectivity index (χ2n) is 4.69. The van der Waals surface area contributed by atoms with Crippen molar-refractivity contribution in [2.45, 2.75) is 25.4 Å². The summed E-state index contributed by atoms with van der Waals surface area (Å²) in [5.41, 5.74) is 0.679. The number of aromatic nitrogens is 2. The maximum atomic E-state index is 13.0.